The van der Waals surface area contributed by atoms with Gasteiger partial charge < -0.3 is 10.0 Å². The second kappa shape index (κ2) is 4.24. The number of piperidine rings is 1. The normalized spacial score (nSPS) is 35.0. The highest BCUT2D eigenvalue weighted by atomic mass is 16.3. The Kier molecular flexibility index (Phi) is 3.53. The summed E-state index contributed by atoms with van der Waals surface area (Å²) in [4.78, 5) is 2.38. The van der Waals surface area contributed by atoms with E-state index in [1.54, 1.807) is 0 Å². The first kappa shape index (κ1) is 10.0. The molecule has 3 atom stereocenters. The molecular formula is C10H21NO. The third-order valence-corrected chi connectivity index (χ3v) is 2.47. The van der Waals surface area contributed by atoms with Crippen molar-refractivity contribution in [1.82, 2.24) is 4.90 Å². The van der Waals surface area contributed by atoms with Crippen LogP contribution in [0.4, 0.5) is 0 Å². The fourth-order valence-electron chi connectivity index (χ4n) is 2.31. The van der Waals surface area contributed by atoms with E-state index in [-0.39, 0.29) is 6.10 Å². The molecule has 0 aromatic carbocycles. The van der Waals surface area contributed by atoms with Crippen molar-refractivity contribution in [3.05, 3.63) is 0 Å². The molecule has 0 radical (unpaired) electrons. The van der Waals surface area contributed by atoms with E-state index >= 15 is 0 Å². The molecule has 0 amide bonds. The van der Waals surface area contributed by atoms with Crippen LogP contribution in [0.25, 0.3) is 0 Å². The van der Waals surface area contributed by atoms with Crippen molar-refractivity contribution in [3.63, 3.8) is 0 Å². The highest BCUT2D eigenvalue weighted by Crippen LogP contribution is 2.20. The lowest BCUT2D eigenvalue weighted by atomic mass is 9.92. The highest BCUT2D eigenvalue weighted by Gasteiger charge is 2.21. The molecule has 1 rings (SSSR count). The Morgan fingerprint density at radius 3 is 2.25 bits per heavy atom. The third kappa shape index (κ3) is 3.11. The van der Waals surface area contributed by atoms with E-state index in [2.05, 4.69) is 18.7 Å². The van der Waals surface area contributed by atoms with Crippen LogP contribution in [-0.2, 0) is 0 Å². The molecule has 1 aliphatic heterocycles. The van der Waals surface area contributed by atoms with E-state index in [1.165, 1.54) is 6.42 Å². The zero-order chi connectivity index (χ0) is 9.14. The van der Waals surface area contributed by atoms with Gasteiger partial charge in [-0.3, -0.25) is 0 Å². The maximum absolute atomic E-state index is 9.24. The first-order chi connectivity index (χ1) is 5.58. The number of aliphatic hydroxyl groups excluding tert-OH is 1. The molecule has 0 aliphatic carbocycles. The Hall–Kier alpha value is -0.0800. The van der Waals surface area contributed by atoms with E-state index in [4.69, 9.17) is 0 Å². The molecule has 0 spiro atoms. The number of hydrogen-bond acceptors (Lipinski definition) is 2. The predicted octanol–water partition coefficient (Wildman–Crippen LogP) is 1.35. The summed E-state index contributed by atoms with van der Waals surface area (Å²) >= 11 is 0. The average molecular weight is 171 g/mol. The van der Waals surface area contributed by atoms with Crippen LogP contribution in [0.3, 0.4) is 0 Å². The Morgan fingerprint density at radius 2 is 1.83 bits per heavy atom. The molecule has 3 unspecified atom stereocenters. The van der Waals surface area contributed by atoms with E-state index in [1.807, 2.05) is 6.92 Å². The molecule has 0 bridgehead atoms. The summed E-state index contributed by atoms with van der Waals surface area (Å²) in [7, 11) is 0. The van der Waals surface area contributed by atoms with Crippen molar-refractivity contribution in [1.29, 1.82) is 0 Å². The largest absolute Gasteiger partial charge is 0.392 e. The molecule has 1 aliphatic rings. The minimum atomic E-state index is -0.178. The number of likely N-dealkylation sites (tertiary alicyclic amines) is 1. The molecule has 0 aromatic rings. The highest BCUT2D eigenvalue weighted by molar-refractivity contribution is 4.75. The van der Waals surface area contributed by atoms with E-state index < -0.39 is 0 Å². The molecule has 2 nitrogen and oxygen atoms in total. The monoisotopic (exact) mass is 171 g/mol. The molecule has 1 N–H and O–H groups in total. The number of rotatable bonds is 2. The van der Waals surface area contributed by atoms with Gasteiger partial charge in [0.2, 0.25) is 0 Å². The van der Waals surface area contributed by atoms with Crippen molar-refractivity contribution in [3.8, 4) is 0 Å². The number of hydrogen-bond donors (Lipinski definition) is 1. The van der Waals surface area contributed by atoms with Gasteiger partial charge in [-0.15, -0.1) is 0 Å². The van der Waals surface area contributed by atoms with Crippen LogP contribution in [0.1, 0.15) is 27.2 Å². The fraction of sp³-hybridized carbons (Fsp3) is 1.00. The van der Waals surface area contributed by atoms with Gasteiger partial charge in [0.05, 0.1) is 6.10 Å². The summed E-state index contributed by atoms with van der Waals surface area (Å²) in [5.41, 5.74) is 0. The first-order valence-electron chi connectivity index (χ1n) is 4.98. The summed E-state index contributed by atoms with van der Waals surface area (Å²) in [6.45, 7) is 9.62. The third-order valence-electron chi connectivity index (χ3n) is 2.47. The van der Waals surface area contributed by atoms with Gasteiger partial charge in [-0.25, -0.2) is 0 Å². The SMILES string of the molecule is CC(O)CN1CC(C)CC(C)C1. The Labute approximate surface area is 75.6 Å². The van der Waals surface area contributed by atoms with Gasteiger partial charge in [-0.2, -0.15) is 0 Å². The molecule has 2 heteroatoms. The Bertz CT molecular complexity index is 123. The summed E-state index contributed by atoms with van der Waals surface area (Å²) < 4.78 is 0. The second-order valence-corrected chi connectivity index (χ2v) is 4.51. The van der Waals surface area contributed by atoms with Gasteiger partial charge in [0.25, 0.3) is 0 Å². The lowest BCUT2D eigenvalue weighted by Gasteiger charge is -2.35. The molecule has 1 saturated heterocycles. The number of aliphatic hydroxyl groups is 1. The molecule has 72 valence electrons. The molecule has 1 fully saturated rings. The summed E-state index contributed by atoms with van der Waals surface area (Å²) in [6.07, 6.45) is 1.17. The van der Waals surface area contributed by atoms with Crippen LogP contribution in [0.15, 0.2) is 0 Å². The van der Waals surface area contributed by atoms with Crippen molar-refractivity contribution < 1.29 is 5.11 Å². The molecule has 12 heavy (non-hydrogen) atoms. The van der Waals surface area contributed by atoms with E-state index in [9.17, 15) is 5.11 Å². The van der Waals surface area contributed by atoms with Crippen LogP contribution in [0, 0.1) is 11.8 Å². The summed E-state index contributed by atoms with van der Waals surface area (Å²) in [5.74, 6) is 1.60. The predicted molar refractivity (Wildman–Crippen MR) is 51.1 cm³/mol. The van der Waals surface area contributed by atoms with Crippen molar-refractivity contribution in [2.75, 3.05) is 19.6 Å². The minimum absolute atomic E-state index is 0.178. The maximum Gasteiger partial charge on any atom is 0.0639 e. The molecule has 1 heterocycles. The quantitative estimate of drug-likeness (QED) is 0.678. The van der Waals surface area contributed by atoms with Crippen LogP contribution >= 0.6 is 0 Å². The first-order valence-corrected chi connectivity index (χ1v) is 4.98. The van der Waals surface area contributed by atoms with E-state index in [0.29, 0.717) is 0 Å². The topological polar surface area (TPSA) is 23.5 Å². The fourth-order valence-corrected chi connectivity index (χ4v) is 2.31. The number of β-amino-alcohol motifs (C(OH)–C–C–N with tert-alkyl or cyclic N) is 1. The van der Waals surface area contributed by atoms with Gasteiger partial charge in [0.15, 0.2) is 0 Å². The van der Waals surface area contributed by atoms with Gasteiger partial charge in [-0.05, 0) is 25.2 Å². The van der Waals surface area contributed by atoms with Gasteiger partial charge >= 0.3 is 0 Å². The second-order valence-electron chi connectivity index (χ2n) is 4.51. The van der Waals surface area contributed by atoms with E-state index in [0.717, 1.165) is 31.5 Å². The van der Waals surface area contributed by atoms with Crippen molar-refractivity contribution in [2.45, 2.75) is 33.3 Å². The van der Waals surface area contributed by atoms with Crippen LogP contribution in [0.2, 0.25) is 0 Å². The zero-order valence-corrected chi connectivity index (χ0v) is 8.45. The van der Waals surface area contributed by atoms with Gasteiger partial charge in [0, 0.05) is 19.6 Å². The standard InChI is InChI=1S/C10H21NO/c1-8-4-9(2)6-11(5-8)7-10(3)12/h8-10,12H,4-7H2,1-3H3. The van der Waals surface area contributed by atoms with Gasteiger partial charge in [0.1, 0.15) is 0 Å². The van der Waals surface area contributed by atoms with Crippen LogP contribution < -0.4 is 0 Å². The summed E-state index contributed by atoms with van der Waals surface area (Å²) in [6, 6.07) is 0. The van der Waals surface area contributed by atoms with Crippen LogP contribution in [0.5, 0.6) is 0 Å². The number of nitrogens with zero attached hydrogens (tertiary/aromatic N) is 1. The van der Waals surface area contributed by atoms with Crippen molar-refractivity contribution >= 4 is 0 Å². The molecular weight excluding hydrogens is 150 g/mol. The smallest absolute Gasteiger partial charge is 0.0639 e. The van der Waals surface area contributed by atoms with Crippen molar-refractivity contribution in [2.24, 2.45) is 11.8 Å². The zero-order valence-electron chi connectivity index (χ0n) is 8.45. The lowest BCUT2D eigenvalue weighted by Crippen LogP contribution is -2.42. The maximum atomic E-state index is 9.24. The molecule has 0 saturated carbocycles. The van der Waals surface area contributed by atoms with Crippen LogP contribution in [-0.4, -0.2) is 35.7 Å². The lowest BCUT2D eigenvalue weighted by molar-refractivity contribution is 0.0789. The minimum Gasteiger partial charge on any atom is -0.392 e. The Morgan fingerprint density at radius 1 is 1.33 bits per heavy atom. The average Bonchev–Trinajstić information content (AvgIpc) is 1.81. The Balaban J connectivity index is 2.34. The molecule has 0 aromatic heterocycles. The van der Waals surface area contributed by atoms with Gasteiger partial charge in [-0.1, -0.05) is 13.8 Å². The summed E-state index contributed by atoms with van der Waals surface area (Å²) in [5, 5.41) is 9.24.